The van der Waals surface area contributed by atoms with E-state index in [0.717, 1.165) is 36.1 Å². The van der Waals surface area contributed by atoms with Gasteiger partial charge < -0.3 is 10.2 Å². The molecule has 4 nitrogen and oxygen atoms in total. The maximum absolute atomic E-state index is 12.6. The first-order valence-electron chi connectivity index (χ1n) is 10.00. The Hall–Kier alpha value is -2.85. The van der Waals surface area contributed by atoms with Crippen LogP contribution >= 0.6 is 0 Å². The predicted molar refractivity (Wildman–Crippen MR) is 117 cm³/mol. The summed E-state index contributed by atoms with van der Waals surface area (Å²) in [6.45, 7) is 3.37. The number of fused-ring (bicyclic) bond motifs is 1. The summed E-state index contributed by atoms with van der Waals surface area (Å²) in [5.41, 5.74) is 3.46. The molecule has 1 N–H and O–H groups in total. The van der Waals surface area contributed by atoms with E-state index in [1.807, 2.05) is 37.4 Å². The maximum Gasteiger partial charge on any atom is 0.238 e. The molecular weight excluding hydrogens is 346 g/mol. The molecule has 3 aromatic carbocycles. The summed E-state index contributed by atoms with van der Waals surface area (Å²) in [5.74, 6) is 0.0116. The van der Waals surface area contributed by atoms with Gasteiger partial charge in [-0.05, 0) is 43.0 Å². The van der Waals surface area contributed by atoms with Gasteiger partial charge in [0.1, 0.15) is 0 Å². The van der Waals surface area contributed by atoms with Gasteiger partial charge in [0.15, 0.2) is 0 Å². The third kappa shape index (κ3) is 4.18. The van der Waals surface area contributed by atoms with Gasteiger partial charge in [0.25, 0.3) is 0 Å². The lowest BCUT2D eigenvalue weighted by Gasteiger charge is -2.24. The number of anilines is 2. The third-order valence-electron chi connectivity index (χ3n) is 5.36. The van der Waals surface area contributed by atoms with Crippen LogP contribution in [0.25, 0.3) is 10.8 Å². The highest BCUT2D eigenvalue weighted by Gasteiger charge is 2.17. The van der Waals surface area contributed by atoms with Gasteiger partial charge in [0.2, 0.25) is 5.91 Å². The Morgan fingerprint density at radius 1 is 0.964 bits per heavy atom. The van der Waals surface area contributed by atoms with Crippen molar-refractivity contribution in [3.8, 4) is 0 Å². The fraction of sp³-hybridized carbons (Fsp3) is 0.292. The first-order valence-corrected chi connectivity index (χ1v) is 10.00. The Labute approximate surface area is 166 Å². The SMILES string of the molecule is CN(CC(=O)Nc1cccc2ccccc12)Cc1ccccc1N1CCCC1. The minimum absolute atomic E-state index is 0.0116. The Morgan fingerprint density at radius 3 is 2.54 bits per heavy atom. The lowest BCUT2D eigenvalue weighted by atomic mass is 10.1. The summed E-state index contributed by atoms with van der Waals surface area (Å²) in [4.78, 5) is 17.2. The van der Waals surface area contributed by atoms with Crippen molar-refractivity contribution in [2.24, 2.45) is 0 Å². The molecule has 28 heavy (non-hydrogen) atoms. The Kier molecular flexibility index (Phi) is 5.58. The van der Waals surface area contributed by atoms with Gasteiger partial charge in [-0.25, -0.2) is 0 Å². The Balaban J connectivity index is 1.41. The van der Waals surface area contributed by atoms with E-state index in [-0.39, 0.29) is 5.91 Å². The number of carbonyl (C=O) groups excluding carboxylic acids is 1. The topological polar surface area (TPSA) is 35.6 Å². The number of benzene rings is 3. The molecule has 1 aliphatic rings. The molecule has 0 spiro atoms. The number of carbonyl (C=O) groups is 1. The van der Waals surface area contributed by atoms with Crippen LogP contribution in [0.5, 0.6) is 0 Å². The standard InChI is InChI=1S/C24H27N3O/c1-26(17-20-10-3-5-14-23(20)27-15-6-7-16-27)18-24(28)25-22-13-8-11-19-9-2-4-12-21(19)22/h2-5,8-14H,6-7,15-18H2,1H3,(H,25,28). The number of rotatable bonds is 6. The molecule has 1 heterocycles. The lowest BCUT2D eigenvalue weighted by Crippen LogP contribution is -2.30. The van der Waals surface area contributed by atoms with Crippen molar-refractivity contribution in [2.45, 2.75) is 19.4 Å². The number of amides is 1. The minimum Gasteiger partial charge on any atom is -0.371 e. The van der Waals surface area contributed by atoms with Crippen LogP contribution < -0.4 is 10.2 Å². The number of hydrogen-bond acceptors (Lipinski definition) is 3. The second-order valence-corrected chi connectivity index (χ2v) is 7.57. The molecule has 0 bridgehead atoms. The fourth-order valence-corrected chi connectivity index (χ4v) is 4.03. The average molecular weight is 374 g/mol. The van der Waals surface area contributed by atoms with Crippen LogP contribution in [0.4, 0.5) is 11.4 Å². The molecule has 0 atom stereocenters. The molecule has 3 aromatic rings. The molecule has 0 aliphatic carbocycles. The zero-order chi connectivity index (χ0) is 19.3. The zero-order valence-corrected chi connectivity index (χ0v) is 16.4. The van der Waals surface area contributed by atoms with Gasteiger partial charge in [-0.1, -0.05) is 54.6 Å². The highest BCUT2D eigenvalue weighted by molar-refractivity contribution is 6.02. The molecule has 1 aliphatic heterocycles. The Bertz CT molecular complexity index is 957. The van der Waals surface area contributed by atoms with Crippen molar-refractivity contribution in [3.05, 3.63) is 72.3 Å². The quantitative estimate of drug-likeness (QED) is 0.690. The van der Waals surface area contributed by atoms with E-state index in [1.165, 1.54) is 24.1 Å². The van der Waals surface area contributed by atoms with E-state index in [9.17, 15) is 4.79 Å². The van der Waals surface area contributed by atoms with Crippen LogP contribution in [-0.4, -0.2) is 37.5 Å². The summed E-state index contributed by atoms with van der Waals surface area (Å²) in [7, 11) is 2.00. The second kappa shape index (κ2) is 8.44. The molecular formula is C24H27N3O. The van der Waals surface area contributed by atoms with Gasteiger partial charge in [0, 0.05) is 36.4 Å². The van der Waals surface area contributed by atoms with Crippen molar-refractivity contribution in [1.82, 2.24) is 4.90 Å². The van der Waals surface area contributed by atoms with E-state index < -0.39 is 0 Å². The first-order chi connectivity index (χ1) is 13.7. The van der Waals surface area contributed by atoms with Gasteiger partial charge >= 0.3 is 0 Å². The molecule has 4 heteroatoms. The lowest BCUT2D eigenvalue weighted by molar-refractivity contribution is -0.117. The van der Waals surface area contributed by atoms with E-state index in [1.54, 1.807) is 0 Å². The van der Waals surface area contributed by atoms with Gasteiger partial charge in [-0.3, -0.25) is 9.69 Å². The fourth-order valence-electron chi connectivity index (χ4n) is 4.03. The number of para-hydroxylation sites is 1. The van der Waals surface area contributed by atoms with Crippen LogP contribution in [0, 0.1) is 0 Å². The van der Waals surface area contributed by atoms with Crippen molar-refractivity contribution >= 4 is 28.1 Å². The molecule has 0 saturated carbocycles. The molecule has 0 aromatic heterocycles. The summed E-state index contributed by atoms with van der Waals surface area (Å²) in [6, 6.07) is 22.7. The number of nitrogens with zero attached hydrogens (tertiary/aromatic N) is 2. The minimum atomic E-state index is 0.0116. The van der Waals surface area contributed by atoms with Gasteiger partial charge in [-0.2, -0.15) is 0 Å². The van der Waals surface area contributed by atoms with Gasteiger partial charge in [0.05, 0.1) is 6.54 Å². The Morgan fingerprint density at radius 2 is 1.68 bits per heavy atom. The van der Waals surface area contributed by atoms with E-state index in [0.29, 0.717) is 6.54 Å². The van der Waals surface area contributed by atoms with E-state index >= 15 is 0 Å². The molecule has 4 rings (SSSR count). The summed E-state index contributed by atoms with van der Waals surface area (Å²) < 4.78 is 0. The maximum atomic E-state index is 12.6. The van der Waals surface area contributed by atoms with Crippen LogP contribution in [0.2, 0.25) is 0 Å². The summed E-state index contributed by atoms with van der Waals surface area (Å²) >= 11 is 0. The predicted octanol–water partition coefficient (Wildman–Crippen LogP) is 4.51. The summed E-state index contributed by atoms with van der Waals surface area (Å²) in [5, 5.41) is 5.28. The van der Waals surface area contributed by atoms with Crippen LogP contribution in [-0.2, 0) is 11.3 Å². The van der Waals surface area contributed by atoms with Crippen LogP contribution in [0.15, 0.2) is 66.7 Å². The van der Waals surface area contributed by atoms with E-state index in [2.05, 4.69) is 51.5 Å². The molecule has 1 fully saturated rings. The normalized spacial score (nSPS) is 14.0. The smallest absolute Gasteiger partial charge is 0.238 e. The number of likely N-dealkylation sites (N-methyl/N-ethyl adjacent to an activating group) is 1. The largest absolute Gasteiger partial charge is 0.371 e. The second-order valence-electron chi connectivity index (χ2n) is 7.57. The first kappa shape index (κ1) is 18.5. The number of nitrogens with one attached hydrogen (secondary N) is 1. The van der Waals surface area contributed by atoms with Crippen LogP contribution in [0.1, 0.15) is 18.4 Å². The van der Waals surface area contributed by atoms with E-state index in [4.69, 9.17) is 0 Å². The van der Waals surface area contributed by atoms with Crippen molar-refractivity contribution in [2.75, 3.05) is 36.9 Å². The molecule has 1 amide bonds. The highest BCUT2D eigenvalue weighted by Crippen LogP contribution is 2.26. The van der Waals surface area contributed by atoms with Crippen molar-refractivity contribution < 1.29 is 4.79 Å². The van der Waals surface area contributed by atoms with Gasteiger partial charge in [-0.15, -0.1) is 0 Å². The van der Waals surface area contributed by atoms with Crippen LogP contribution in [0.3, 0.4) is 0 Å². The highest BCUT2D eigenvalue weighted by atomic mass is 16.2. The average Bonchev–Trinajstić information content (AvgIpc) is 3.23. The van der Waals surface area contributed by atoms with Crippen molar-refractivity contribution in [1.29, 1.82) is 0 Å². The molecule has 0 radical (unpaired) electrons. The zero-order valence-electron chi connectivity index (χ0n) is 16.4. The molecule has 0 unspecified atom stereocenters. The summed E-state index contributed by atoms with van der Waals surface area (Å²) in [6.07, 6.45) is 2.52. The third-order valence-corrected chi connectivity index (χ3v) is 5.36. The molecule has 1 saturated heterocycles. The van der Waals surface area contributed by atoms with Crippen molar-refractivity contribution in [3.63, 3.8) is 0 Å². The monoisotopic (exact) mass is 373 g/mol. The number of hydrogen-bond donors (Lipinski definition) is 1. The molecule has 144 valence electrons.